The molecule has 0 saturated heterocycles. The summed E-state index contributed by atoms with van der Waals surface area (Å²) in [5, 5.41) is 11.1. The number of hydrogen-bond donors (Lipinski definition) is 2. The highest BCUT2D eigenvalue weighted by Crippen LogP contribution is 2.41. The summed E-state index contributed by atoms with van der Waals surface area (Å²) in [5.41, 5.74) is 2.82. The number of aliphatic hydroxyl groups excluding tert-OH is 1. The first-order valence-corrected chi connectivity index (χ1v) is 13.8. The van der Waals surface area contributed by atoms with Crippen LogP contribution in [-0.4, -0.2) is 45.0 Å². The van der Waals surface area contributed by atoms with Crippen molar-refractivity contribution in [1.29, 1.82) is 0 Å². The van der Waals surface area contributed by atoms with E-state index in [2.05, 4.69) is 0 Å². The standard InChI is InChI=1S/C31H32O7S/c1-22-9-18-30(39(33,34)35)20-23(22)19-27(32)21-38-31(24-7-5-4-6-8-24,25-10-14-28(36-2)15-11-25)26-12-16-29(37-3)17-13-26/h4-18,20,27,32H,19,21H2,1-3H3,(H,33,34,35). The normalized spacial score (nSPS) is 12.6. The summed E-state index contributed by atoms with van der Waals surface area (Å²) in [6.07, 6.45) is -0.842. The van der Waals surface area contributed by atoms with Gasteiger partial charge in [0.2, 0.25) is 0 Å². The number of aliphatic hydroxyl groups is 1. The number of methoxy groups -OCH3 is 2. The molecular formula is C31H32O7S. The Hall–Kier alpha value is -3.69. The topological polar surface area (TPSA) is 102 Å². The molecule has 0 bridgehead atoms. The van der Waals surface area contributed by atoms with Gasteiger partial charge in [-0.1, -0.05) is 60.7 Å². The van der Waals surface area contributed by atoms with Crippen molar-refractivity contribution in [3.05, 3.63) is 125 Å². The molecule has 0 aromatic heterocycles. The van der Waals surface area contributed by atoms with Crippen LogP contribution in [0.15, 0.2) is 102 Å². The molecule has 0 amide bonds. The Balaban J connectivity index is 1.75. The average Bonchev–Trinajstić information content (AvgIpc) is 2.95. The van der Waals surface area contributed by atoms with E-state index in [-0.39, 0.29) is 17.9 Å². The quantitative estimate of drug-likeness (QED) is 0.197. The third-order valence-electron chi connectivity index (χ3n) is 6.74. The molecule has 204 valence electrons. The van der Waals surface area contributed by atoms with Crippen LogP contribution in [0.5, 0.6) is 11.5 Å². The summed E-state index contributed by atoms with van der Waals surface area (Å²) >= 11 is 0. The van der Waals surface area contributed by atoms with Crippen LogP contribution in [0.2, 0.25) is 0 Å². The molecule has 0 spiro atoms. The number of hydrogen-bond acceptors (Lipinski definition) is 6. The zero-order chi connectivity index (χ0) is 28.0. The summed E-state index contributed by atoms with van der Waals surface area (Å²) < 4.78 is 50.2. The maximum absolute atomic E-state index is 11.7. The van der Waals surface area contributed by atoms with Crippen molar-refractivity contribution in [2.24, 2.45) is 0 Å². The second kappa shape index (κ2) is 12.0. The van der Waals surface area contributed by atoms with Crippen molar-refractivity contribution < 1.29 is 32.3 Å². The van der Waals surface area contributed by atoms with E-state index in [0.717, 1.165) is 22.3 Å². The molecule has 1 unspecified atom stereocenters. The average molecular weight is 549 g/mol. The van der Waals surface area contributed by atoms with E-state index in [0.29, 0.717) is 17.1 Å². The first-order valence-electron chi connectivity index (χ1n) is 12.4. The second-order valence-corrected chi connectivity index (χ2v) is 10.7. The molecule has 39 heavy (non-hydrogen) atoms. The first kappa shape index (κ1) is 28.3. The largest absolute Gasteiger partial charge is 0.497 e. The lowest BCUT2D eigenvalue weighted by Gasteiger charge is -2.37. The van der Waals surface area contributed by atoms with Crippen LogP contribution in [-0.2, 0) is 26.9 Å². The van der Waals surface area contributed by atoms with Crippen LogP contribution in [0.25, 0.3) is 0 Å². The summed E-state index contributed by atoms with van der Waals surface area (Å²) in [6.45, 7) is 1.75. The molecule has 0 fully saturated rings. The van der Waals surface area contributed by atoms with Crippen molar-refractivity contribution in [3.63, 3.8) is 0 Å². The molecule has 0 aliphatic carbocycles. The molecule has 4 aromatic rings. The van der Waals surface area contributed by atoms with Crippen LogP contribution in [0, 0.1) is 6.92 Å². The third kappa shape index (κ3) is 6.32. The summed E-state index contributed by atoms with van der Waals surface area (Å²) in [4.78, 5) is -0.216. The van der Waals surface area contributed by atoms with Gasteiger partial charge in [-0.05, 0) is 71.1 Å². The third-order valence-corrected chi connectivity index (χ3v) is 7.59. The van der Waals surface area contributed by atoms with Gasteiger partial charge in [0.25, 0.3) is 10.1 Å². The van der Waals surface area contributed by atoms with Crippen LogP contribution in [0.3, 0.4) is 0 Å². The fourth-order valence-electron chi connectivity index (χ4n) is 4.64. The predicted octanol–water partition coefficient (Wildman–Crippen LogP) is 5.17. The van der Waals surface area contributed by atoms with Gasteiger partial charge in [-0.15, -0.1) is 0 Å². The minimum atomic E-state index is -4.37. The van der Waals surface area contributed by atoms with Gasteiger partial charge in [0.05, 0.1) is 31.8 Å². The highest BCUT2D eigenvalue weighted by molar-refractivity contribution is 7.85. The Morgan fingerprint density at radius 3 is 1.77 bits per heavy atom. The first-order chi connectivity index (χ1) is 18.7. The zero-order valence-corrected chi connectivity index (χ0v) is 22.9. The molecule has 1 atom stereocenters. The van der Waals surface area contributed by atoms with Crippen molar-refractivity contribution in [2.45, 2.75) is 29.9 Å². The van der Waals surface area contributed by atoms with Gasteiger partial charge in [0, 0.05) is 6.42 Å². The van der Waals surface area contributed by atoms with Crippen molar-refractivity contribution >= 4 is 10.1 Å². The lowest BCUT2D eigenvalue weighted by molar-refractivity contribution is -0.0376. The highest BCUT2D eigenvalue weighted by atomic mass is 32.2. The molecular weight excluding hydrogens is 516 g/mol. The van der Waals surface area contributed by atoms with Crippen LogP contribution in [0.1, 0.15) is 27.8 Å². The molecule has 8 heteroatoms. The van der Waals surface area contributed by atoms with E-state index in [9.17, 15) is 18.1 Å². The van der Waals surface area contributed by atoms with E-state index in [4.69, 9.17) is 14.2 Å². The van der Waals surface area contributed by atoms with E-state index in [1.807, 2.05) is 85.8 Å². The zero-order valence-electron chi connectivity index (χ0n) is 22.1. The number of benzene rings is 4. The molecule has 4 aromatic carbocycles. The smallest absolute Gasteiger partial charge is 0.294 e. The molecule has 2 N–H and O–H groups in total. The fraction of sp³-hybridized carbons (Fsp3) is 0.226. The van der Waals surface area contributed by atoms with E-state index in [1.54, 1.807) is 20.3 Å². The van der Waals surface area contributed by atoms with Crippen molar-refractivity contribution in [2.75, 3.05) is 20.8 Å². The van der Waals surface area contributed by atoms with E-state index in [1.165, 1.54) is 12.1 Å². The van der Waals surface area contributed by atoms with E-state index < -0.39 is 21.8 Å². The molecule has 0 radical (unpaired) electrons. The molecule has 0 aliphatic heterocycles. The second-order valence-electron chi connectivity index (χ2n) is 9.24. The van der Waals surface area contributed by atoms with Crippen molar-refractivity contribution in [3.8, 4) is 11.5 Å². The lowest BCUT2D eigenvalue weighted by Crippen LogP contribution is -2.36. The van der Waals surface area contributed by atoms with Crippen LogP contribution in [0.4, 0.5) is 0 Å². The SMILES string of the molecule is COc1ccc(C(OCC(O)Cc2cc(S(=O)(=O)O)ccc2C)(c2ccccc2)c2ccc(OC)cc2)cc1. The Morgan fingerprint density at radius 1 is 0.769 bits per heavy atom. The lowest BCUT2D eigenvalue weighted by atomic mass is 9.80. The fourth-order valence-corrected chi connectivity index (χ4v) is 5.17. The molecule has 7 nitrogen and oxygen atoms in total. The van der Waals surface area contributed by atoms with Gasteiger partial charge in [-0.25, -0.2) is 0 Å². The minimum Gasteiger partial charge on any atom is -0.497 e. The Morgan fingerprint density at radius 2 is 1.28 bits per heavy atom. The summed E-state index contributed by atoms with van der Waals surface area (Å²) in [7, 11) is -1.15. The summed E-state index contributed by atoms with van der Waals surface area (Å²) in [6, 6.07) is 29.2. The number of rotatable bonds is 11. The Bertz CT molecular complexity index is 1440. The minimum absolute atomic E-state index is 0.0670. The predicted molar refractivity (Wildman–Crippen MR) is 149 cm³/mol. The van der Waals surface area contributed by atoms with Crippen LogP contribution >= 0.6 is 0 Å². The maximum atomic E-state index is 11.7. The Labute approximate surface area is 229 Å². The van der Waals surface area contributed by atoms with Gasteiger partial charge < -0.3 is 19.3 Å². The van der Waals surface area contributed by atoms with E-state index >= 15 is 0 Å². The van der Waals surface area contributed by atoms with Gasteiger partial charge in [-0.2, -0.15) is 8.42 Å². The molecule has 0 heterocycles. The number of aryl methyl sites for hydroxylation is 1. The number of ether oxygens (including phenoxy) is 3. The monoisotopic (exact) mass is 548 g/mol. The van der Waals surface area contributed by atoms with Crippen LogP contribution < -0.4 is 9.47 Å². The van der Waals surface area contributed by atoms with Gasteiger partial charge >= 0.3 is 0 Å². The summed E-state index contributed by atoms with van der Waals surface area (Å²) in [5.74, 6) is 1.40. The van der Waals surface area contributed by atoms with Gasteiger partial charge in [-0.3, -0.25) is 4.55 Å². The van der Waals surface area contributed by atoms with Gasteiger partial charge in [0.15, 0.2) is 0 Å². The Kier molecular flexibility index (Phi) is 8.72. The molecule has 0 aliphatic rings. The maximum Gasteiger partial charge on any atom is 0.294 e. The highest BCUT2D eigenvalue weighted by Gasteiger charge is 2.38. The molecule has 0 saturated carbocycles. The van der Waals surface area contributed by atoms with Crippen molar-refractivity contribution in [1.82, 2.24) is 0 Å². The van der Waals surface area contributed by atoms with Gasteiger partial charge in [0.1, 0.15) is 17.1 Å². The molecule has 4 rings (SSSR count).